The first kappa shape index (κ1) is 22.2. The van der Waals surface area contributed by atoms with Crippen LogP contribution in [0.2, 0.25) is 5.02 Å². The van der Waals surface area contributed by atoms with Crippen LogP contribution in [0.15, 0.2) is 30.3 Å². The molecule has 0 aliphatic carbocycles. The molecule has 0 saturated heterocycles. The number of ether oxygens (including phenoxy) is 4. The maximum Gasteiger partial charge on any atom is 0.361 e. The summed E-state index contributed by atoms with van der Waals surface area (Å²) in [6, 6.07) is 7.23. The number of likely N-dealkylation sites (N-methyl/N-ethyl adjacent to an activating group) is 1. The van der Waals surface area contributed by atoms with Gasteiger partial charge in [0.1, 0.15) is 6.54 Å². The van der Waals surface area contributed by atoms with Crippen LogP contribution in [0.25, 0.3) is 6.08 Å². The minimum Gasteiger partial charge on any atom is -0.492 e. The van der Waals surface area contributed by atoms with Crippen LogP contribution < -0.4 is 14.2 Å². The number of rotatable bonds is 6. The number of benzene rings is 2. The number of halogens is 1. The molecule has 1 unspecified atom stereocenters. The molecule has 2 aliphatic heterocycles. The van der Waals surface area contributed by atoms with Crippen LogP contribution in [0.3, 0.4) is 0 Å². The predicted octanol–water partition coefficient (Wildman–Crippen LogP) is 3.65. The van der Waals surface area contributed by atoms with Crippen molar-refractivity contribution < 1.29 is 33.0 Å². The van der Waals surface area contributed by atoms with Crippen molar-refractivity contribution in [3.8, 4) is 17.2 Å². The molecule has 168 valence electrons. The second kappa shape index (κ2) is 8.84. The lowest BCUT2D eigenvalue weighted by atomic mass is 9.89. The molecule has 2 aromatic carbocycles. The number of carbonyl (C=O) groups excluding carboxylic acids is 2. The van der Waals surface area contributed by atoms with Gasteiger partial charge in [0, 0.05) is 11.4 Å². The first-order valence-electron chi connectivity index (χ1n) is 10.2. The first-order valence-corrected chi connectivity index (χ1v) is 10.6. The van der Waals surface area contributed by atoms with E-state index in [1.807, 2.05) is 19.2 Å². The monoisotopic (exact) mass is 458 g/mol. The van der Waals surface area contributed by atoms with Crippen LogP contribution >= 0.6 is 11.6 Å². The second-order valence-electron chi connectivity index (χ2n) is 8.16. The number of allylic oxidation sites excluding steroid dienone is 1. The summed E-state index contributed by atoms with van der Waals surface area (Å²) in [5, 5.41) is 0.634. The van der Waals surface area contributed by atoms with E-state index >= 15 is 0 Å². The molecule has 32 heavy (non-hydrogen) atoms. The van der Waals surface area contributed by atoms with Crippen molar-refractivity contribution >= 4 is 29.4 Å². The van der Waals surface area contributed by atoms with Gasteiger partial charge in [-0.2, -0.15) is 0 Å². The summed E-state index contributed by atoms with van der Waals surface area (Å²) in [4.78, 5) is 25.3. The molecular weight excluding hydrogens is 434 g/mol. The molecule has 0 fully saturated rings. The smallest absolute Gasteiger partial charge is 0.361 e. The van der Waals surface area contributed by atoms with Gasteiger partial charge in [-0.3, -0.25) is 4.79 Å². The van der Waals surface area contributed by atoms with Crippen molar-refractivity contribution in [1.82, 2.24) is 0 Å². The fourth-order valence-electron chi connectivity index (χ4n) is 4.30. The highest BCUT2D eigenvalue weighted by atomic mass is 35.5. The van der Waals surface area contributed by atoms with Crippen molar-refractivity contribution in [3.05, 3.63) is 57.6 Å². The highest BCUT2D eigenvalue weighted by Gasteiger charge is 2.40. The van der Waals surface area contributed by atoms with Gasteiger partial charge in [-0.25, -0.2) is 4.79 Å². The van der Waals surface area contributed by atoms with Gasteiger partial charge >= 0.3 is 5.97 Å². The lowest BCUT2D eigenvalue weighted by molar-refractivity contribution is -0.917. The number of hydrogen-bond acceptors (Lipinski definition) is 6. The summed E-state index contributed by atoms with van der Waals surface area (Å²) >= 11 is 5.94. The summed E-state index contributed by atoms with van der Waals surface area (Å²) < 4.78 is 22.4. The molecule has 0 aromatic heterocycles. The first-order chi connectivity index (χ1) is 15.3. The van der Waals surface area contributed by atoms with E-state index in [2.05, 4.69) is 0 Å². The van der Waals surface area contributed by atoms with Crippen molar-refractivity contribution in [2.45, 2.75) is 13.0 Å². The molecule has 2 aliphatic rings. The summed E-state index contributed by atoms with van der Waals surface area (Å²) in [7, 11) is 4.94. The van der Waals surface area contributed by atoms with Gasteiger partial charge in [0.15, 0.2) is 23.8 Å². The maximum absolute atomic E-state index is 13.3. The predicted molar refractivity (Wildman–Crippen MR) is 119 cm³/mol. The number of fused-ring (bicyclic) bond motifs is 2. The Hall–Kier alpha value is -3.03. The third-order valence-corrected chi connectivity index (χ3v) is 6.17. The van der Waals surface area contributed by atoms with Crippen molar-refractivity contribution in [2.75, 3.05) is 41.1 Å². The van der Waals surface area contributed by atoms with Crippen molar-refractivity contribution in [2.24, 2.45) is 0 Å². The number of ketones is 1. The van der Waals surface area contributed by atoms with Crippen molar-refractivity contribution in [1.29, 1.82) is 0 Å². The van der Waals surface area contributed by atoms with E-state index in [9.17, 15) is 9.59 Å². The van der Waals surface area contributed by atoms with Gasteiger partial charge < -0.3 is 23.4 Å². The SMILES string of the molecule is COC(=O)C[N+]1(C)CCc2c(c(OC)c3c(c2C(=O)C=Cc2ccc(Cl)cc2)OCO3)C1. The standard InChI is InChI=1S/C24H25ClNO6/c1-26(13-20(28)29-2)11-10-17-18(12-26)22(30-3)24-23(31-14-32-24)21(17)19(27)9-6-15-4-7-16(25)8-5-15/h4-9H,10-14H2,1-3H3/q+1. The molecule has 0 radical (unpaired) electrons. The molecule has 0 spiro atoms. The fourth-order valence-corrected chi connectivity index (χ4v) is 4.42. The minimum absolute atomic E-state index is 0.0179. The molecule has 2 aromatic rings. The van der Waals surface area contributed by atoms with Gasteiger partial charge in [0.25, 0.3) is 0 Å². The Kier molecular flexibility index (Phi) is 6.13. The Morgan fingerprint density at radius 3 is 2.53 bits per heavy atom. The third-order valence-electron chi connectivity index (χ3n) is 5.91. The van der Waals surface area contributed by atoms with E-state index in [0.717, 1.165) is 16.7 Å². The van der Waals surface area contributed by atoms with Gasteiger partial charge in [0.05, 0.1) is 38.9 Å². The summed E-state index contributed by atoms with van der Waals surface area (Å²) in [6.07, 6.45) is 3.87. The number of hydrogen-bond donors (Lipinski definition) is 0. The molecule has 0 bridgehead atoms. The van der Waals surface area contributed by atoms with Crippen LogP contribution in [-0.2, 0) is 22.5 Å². The minimum atomic E-state index is -0.280. The molecule has 2 heterocycles. The lowest BCUT2D eigenvalue weighted by Gasteiger charge is -2.38. The normalized spacial score (nSPS) is 19.0. The maximum atomic E-state index is 13.3. The van der Waals surface area contributed by atoms with E-state index in [1.54, 1.807) is 25.3 Å². The molecule has 4 rings (SSSR count). The van der Waals surface area contributed by atoms with E-state index in [4.69, 9.17) is 30.5 Å². The zero-order chi connectivity index (χ0) is 22.9. The topological polar surface area (TPSA) is 71.1 Å². The highest BCUT2D eigenvalue weighted by molar-refractivity contribution is 6.30. The van der Waals surface area contributed by atoms with Crippen molar-refractivity contribution in [3.63, 3.8) is 0 Å². The Morgan fingerprint density at radius 2 is 1.84 bits per heavy atom. The quantitative estimate of drug-likeness (QED) is 0.285. The van der Waals surface area contributed by atoms with Crippen LogP contribution in [0, 0.1) is 0 Å². The van der Waals surface area contributed by atoms with Crippen LogP contribution in [0.4, 0.5) is 0 Å². The molecule has 0 saturated carbocycles. The van der Waals surface area contributed by atoms with Gasteiger partial charge in [-0.1, -0.05) is 29.8 Å². The van der Waals surface area contributed by atoms with E-state index in [-0.39, 0.29) is 25.1 Å². The Balaban J connectivity index is 1.76. The summed E-state index contributed by atoms with van der Waals surface area (Å²) in [5.41, 5.74) is 3.08. The second-order valence-corrected chi connectivity index (χ2v) is 8.60. The Morgan fingerprint density at radius 1 is 1.12 bits per heavy atom. The molecule has 0 amide bonds. The molecule has 0 N–H and O–H groups in total. The number of quaternary nitrogens is 1. The molecule has 7 nitrogen and oxygen atoms in total. The largest absolute Gasteiger partial charge is 0.492 e. The zero-order valence-electron chi connectivity index (χ0n) is 18.3. The van der Waals surface area contributed by atoms with E-state index in [1.165, 1.54) is 13.2 Å². The van der Waals surface area contributed by atoms with Crippen LogP contribution in [-0.4, -0.2) is 57.4 Å². The van der Waals surface area contributed by atoms with Crippen LogP contribution in [0.5, 0.6) is 17.2 Å². The third kappa shape index (κ3) is 4.18. The Bertz CT molecular complexity index is 1090. The van der Waals surface area contributed by atoms with E-state index < -0.39 is 0 Å². The summed E-state index contributed by atoms with van der Waals surface area (Å²) in [5.74, 6) is 0.943. The Labute approximate surface area is 191 Å². The highest BCUT2D eigenvalue weighted by Crippen LogP contribution is 2.50. The van der Waals surface area contributed by atoms with Gasteiger partial charge in [-0.05, 0) is 29.3 Å². The number of nitrogens with zero attached hydrogens (tertiary/aromatic N) is 1. The van der Waals surface area contributed by atoms with Gasteiger partial charge in [0.2, 0.25) is 12.5 Å². The van der Waals surface area contributed by atoms with E-state index in [0.29, 0.717) is 51.8 Å². The number of esters is 1. The van der Waals surface area contributed by atoms with Gasteiger partial charge in [-0.15, -0.1) is 0 Å². The summed E-state index contributed by atoms with van der Waals surface area (Å²) in [6.45, 7) is 1.43. The molecular formula is C24H25ClNO6+. The zero-order valence-corrected chi connectivity index (χ0v) is 19.0. The fraction of sp³-hybridized carbons (Fsp3) is 0.333. The lowest BCUT2D eigenvalue weighted by Crippen LogP contribution is -2.51. The molecule has 1 atom stereocenters. The average Bonchev–Trinajstić information content (AvgIpc) is 3.25. The number of methoxy groups -OCH3 is 2. The molecule has 8 heteroatoms. The van der Waals surface area contributed by atoms with Crippen LogP contribution in [0.1, 0.15) is 27.0 Å². The number of carbonyl (C=O) groups is 2. The average molecular weight is 459 g/mol.